The highest BCUT2D eigenvalue weighted by atomic mass is 35.5. The number of nitro benzene ring substituents is 3. The van der Waals surface area contributed by atoms with Crippen molar-refractivity contribution in [3.05, 3.63) is 71.8 Å². The lowest BCUT2D eigenvalue weighted by molar-refractivity contribution is -0.394. The van der Waals surface area contributed by atoms with E-state index in [0.717, 1.165) is 24.3 Å². The first kappa shape index (κ1) is 15.3. The zero-order valence-electron chi connectivity index (χ0n) is 10.6. The van der Waals surface area contributed by atoms with E-state index in [-0.39, 0.29) is 16.1 Å². The predicted molar refractivity (Wildman–Crippen MR) is 76.9 cm³/mol. The first-order valence-corrected chi connectivity index (χ1v) is 6.05. The Morgan fingerprint density at radius 3 is 1.73 bits per heavy atom. The van der Waals surface area contributed by atoms with Gasteiger partial charge in [0.25, 0.3) is 17.1 Å². The lowest BCUT2D eigenvalue weighted by Gasteiger charge is -2.03. The van der Waals surface area contributed by atoms with Gasteiger partial charge >= 0.3 is 0 Å². The summed E-state index contributed by atoms with van der Waals surface area (Å²) >= 11 is 5.68. The first-order valence-electron chi connectivity index (χ1n) is 5.68. The standard InChI is InChI=1S/C12H6ClN3O6/c13-11-2-1-7(5-12(11)16(21)22)8-3-9(14(17)18)6-10(4-8)15(19)20/h1-6H. The van der Waals surface area contributed by atoms with Crippen molar-refractivity contribution in [1.82, 2.24) is 0 Å². The number of halogens is 1. The second kappa shape index (κ2) is 5.74. The van der Waals surface area contributed by atoms with Gasteiger partial charge in [-0.1, -0.05) is 17.7 Å². The van der Waals surface area contributed by atoms with E-state index >= 15 is 0 Å². The number of nitrogens with zero attached hydrogens (tertiary/aromatic N) is 3. The van der Waals surface area contributed by atoms with Crippen molar-refractivity contribution >= 4 is 28.7 Å². The van der Waals surface area contributed by atoms with Gasteiger partial charge in [-0.05, 0) is 17.2 Å². The Bertz CT molecular complexity index is 775. The summed E-state index contributed by atoms with van der Waals surface area (Å²) in [6.45, 7) is 0. The lowest BCUT2D eigenvalue weighted by atomic mass is 10.0. The van der Waals surface area contributed by atoms with Crippen molar-refractivity contribution < 1.29 is 14.8 Å². The van der Waals surface area contributed by atoms with Crippen LogP contribution in [0.15, 0.2) is 36.4 Å². The van der Waals surface area contributed by atoms with Gasteiger partial charge in [-0.3, -0.25) is 30.3 Å². The monoisotopic (exact) mass is 323 g/mol. The van der Waals surface area contributed by atoms with Crippen LogP contribution < -0.4 is 0 Å². The molecule has 2 aromatic rings. The molecule has 0 aliphatic rings. The van der Waals surface area contributed by atoms with Gasteiger partial charge in [0.15, 0.2) is 0 Å². The summed E-state index contributed by atoms with van der Waals surface area (Å²) in [6, 6.07) is 6.75. The van der Waals surface area contributed by atoms with Gasteiger partial charge in [0.05, 0.1) is 20.8 Å². The fourth-order valence-corrected chi connectivity index (χ4v) is 1.99. The van der Waals surface area contributed by atoms with Gasteiger partial charge in [-0.15, -0.1) is 0 Å². The topological polar surface area (TPSA) is 129 Å². The van der Waals surface area contributed by atoms with Crippen molar-refractivity contribution in [3.63, 3.8) is 0 Å². The van der Waals surface area contributed by atoms with Crippen LogP contribution in [-0.2, 0) is 0 Å². The second-order valence-electron chi connectivity index (χ2n) is 4.18. The molecule has 0 spiro atoms. The van der Waals surface area contributed by atoms with Crippen LogP contribution in [0.3, 0.4) is 0 Å². The van der Waals surface area contributed by atoms with Crippen LogP contribution >= 0.6 is 11.6 Å². The minimum atomic E-state index is -0.777. The molecule has 0 bridgehead atoms. The minimum Gasteiger partial charge on any atom is -0.258 e. The van der Waals surface area contributed by atoms with Crippen molar-refractivity contribution in [2.45, 2.75) is 0 Å². The summed E-state index contributed by atoms with van der Waals surface area (Å²) in [7, 11) is 0. The molecule has 10 heteroatoms. The highest BCUT2D eigenvalue weighted by Crippen LogP contribution is 2.34. The number of non-ortho nitro benzene ring substituents is 2. The second-order valence-corrected chi connectivity index (χ2v) is 4.58. The zero-order valence-corrected chi connectivity index (χ0v) is 11.4. The summed E-state index contributed by atoms with van der Waals surface area (Å²) in [6.07, 6.45) is 0. The third-order valence-corrected chi connectivity index (χ3v) is 3.12. The molecule has 0 saturated carbocycles. The Morgan fingerprint density at radius 1 is 0.727 bits per heavy atom. The largest absolute Gasteiger partial charge is 0.288 e. The number of hydrogen-bond donors (Lipinski definition) is 0. The average Bonchev–Trinajstić information content (AvgIpc) is 2.46. The van der Waals surface area contributed by atoms with Gasteiger partial charge in [0.1, 0.15) is 5.02 Å². The SMILES string of the molecule is O=[N+]([O-])c1cc(-c2ccc(Cl)c([N+](=O)[O-])c2)cc([N+](=O)[O-])c1. The van der Waals surface area contributed by atoms with Crippen molar-refractivity contribution in [3.8, 4) is 11.1 Å². The van der Waals surface area contributed by atoms with Crippen LogP contribution in [0.2, 0.25) is 5.02 Å². The van der Waals surface area contributed by atoms with Gasteiger partial charge in [-0.2, -0.15) is 0 Å². The summed E-state index contributed by atoms with van der Waals surface area (Å²) in [5.41, 5.74) is -1.04. The van der Waals surface area contributed by atoms with E-state index in [4.69, 9.17) is 11.6 Å². The maximum absolute atomic E-state index is 10.9. The molecule has 2 rings (SSSR count). The molecule has 0 unspecified atom stereocenters. The minimum absolute atomic E-state index is 0.103. The third-order valence-electron chi connectivity index (χ3n) is 2.80. The van der Waals surface area contributed by atoms with Gasteiger partial charge in [-0.25, -0.2) is 0 Å². The van der Waals surface area contributed by atoms with E-state index in [1.54, 1.807) is 0 Å². The van der Waals surface area contributed by atoms with Crippen molar-refractivity contribution in [1.29, 1.82) is 0 Å². The predicted octanol–water partition coefficient (Wildman–Crippen LogP) is 3.73. The molecule has 0 aliphatic heterocycles. The Kier molecular flexibility index (Phi) is 4.00. The number of nitro groups is 3. The summed E-state index contributed by atoms with van der Waals surface area (Å²) in [5.74, 6) is 0. The van der Waals surface area contributed by atoms with Crippen molar-refractivity contribution in [2.75, 3.05) is 0 Å². The third kappa shape index (κ3) is 2.99. The molecule has 0 aliphatic carbocycles. The normalized spacial score (nSPS) is 10.2. The highest BCUT2D eigenvalue weighted by molar-refractivity contribution is 6.32. The summed E-state index contributed by atoms with van der Waals surface area (Å²) in [5, 5.41) is 32.4. The van der Waals surface area contributed by atoms with Crippen LogP contribution in [0.4, 0.5) is 17.1 Å². The molecule has 0 atom stereocenters. The Labute approximate surface area is 127 Å². The highest BCUT2D eigenvalue weighted by Gasteiger charge is 2.19. The molecule has 0 aromatic heterocycles. The van der Waals surface area contributed by atoms with Crippen LogP contribution in [-0.4, -0.2) is 14.8 Å². The molecule has 22 heavy (non-hydrogen) atoms. The lowest BCUT2D eigenvalue weighted by Crippen LogP contribution is -1.94. The first-order chi connectivity index (χ1) is 10.3. The molecular formula is C12H6ClN3O6. The molecule has 9 nitrogen and oxygen atoms in total. The van der Waals surface area contributed by atoms with E-state index in [2.05, 4.69) is 0 Å². The van der Waals surface area contributed by atoms with E-state index in [1.807, 2.05) is 0 Å². The Balaban J connectivity index is 2.66. The molecule has 0 amide bonds. The summed E-state index contributed by atoms with van der Waals surface area (Å²) < 4.78 is 0. The molecule has 0 fully saturated rings. The van der Waals surface area contributed by atoms with Gasteiger partial charge in [0, 0.05) is 18.2 Å². The molecule has 0 N–H and O–H groups in total. The van der Waals surface area contributed by atoms with E-state index in [9.17, 15) is 30.3 Å². The maximum Gasteiger partial charge on any atom is 0.288 e. The number of benzene rings is 2. The van der Waals surface area contributed by atoms with Crippen LogP contribution in [0.5, 0.6) is 0 Å². The molecule has 0 heterocycles. The molecule has 2 aromatic carbocycles. The number of hydrogen-bond acceptors (Lipinski definition) is 6. The van der Waals surface area contributed by atoms with E-state index < -0.39 is 31.8 Å². The zero-order chi connectivity index (χ0) is 16.4. The fraction of sp³-hybridized carbons (Fsp3) is 0. The molecule has 112 valence electrons. The van der Waals surface area contributed by atoms with Crippen LogP contribution in [0.1, 0.15) is 0 Å². The van der Waals surface area contributed by atoms with E-state index in [0.29, 0.717) is 0 Å². The van der Waals surface area contributed by atoms with E-state index in [1.165, 1.54) is 12.1 Å². The number of rotatable bonds is 4. The average molecular weight is 324 g/mol. The summed E-state index contributed by atoms with van der Waals surface area (Å²) in [4.78, 5) is 30.3. The quantitative estimate of drug-likeness (QED) is 0.622. The maximum atomic E-state index is 10.9. The smallest absolute Gasteiger partial charge is 0.258 e. The Morgan fingerprint density at radius 2 is 1.27 bits per heavy atom. The van der Waals surface area contributed by atoms with Crippen LogP contribution in [0.25, 0.3) is 11.1 Å². The van der Waals surface area contributed by atoms with Gasteiger partial charge in [0.2, 0.25) is 0 Å². The van der Waals surface area contributed by atoms with Gasteiger partial charge < -0.3 is 0 Å². The molecule has 0 saturated heterocycles. The fourth-order valence-electron chi connectivity index (χ4n) is 1.80. The molecule has 0 radical (unpaired) electrons. The van der Waals surface area contributed by atoms with Crippen molar-refractivity contribution in [2.24, 2.45) is 0 Å². The molecular weight excluding hydrogens is 318 g/mol. The Hall–Kier alpha value is -3.07. The van der Waals surface area contributed by atoms with Crippen LogP contribution in [0, 0.1) is 30.3 Å².